The van der Waals surface area contributed by atoms with E-state index in [-0.39, 0.29) is 5.91 Å². The lowest BCUT2D eigenvalue weighted by atomic mass is 10.2. The third kappa shape index (κ3) is 2.72. The molecular weight excluding hydrogens is 284 g/mol. The zero-order chi connectivity index (χ0) is 15.0. The van der Waals surface area contributed by atoms with Crippen LogP contribution in [0, 0.1) is 13.8 Å². The summed E-state index contributed by atoms with van der Waals surface area (Å²) >= 11 is 1.64. The van der Waals surface area contributed by atoms with E-state index < -0.39 is 0 Å². The number of aryl methyl sites for hydroxylation is 2. The summed E-state index contributed by atoms with van der Waals surface area (Å²) in [5.41, 5.74) is 7.25. The fourth-order valence-corrected chi connectivity index (χ4v) is 3.83. The van der Waals surface area contributed by atoms with E-state index in [1.165, 1.54) is 4.88 Å². The Labute approximate surface area is 128 Å². The van der Waals surface area contributed by atoms with Crippen LogP contribution in [-0.2, 0) is 11.3 Å². The number of rotatable bonds is 2. The summed E-state index contributed by atoms with van der Waals surface area (Å²) in [4.78, 5) is 25.1. The van der Waals surface area contributed by atoms with E-state index in [9.17, 15) is 4.79 Å². The van der Waals surface area contributed by atoms with Gasteiger partial charge < -0.3 is 10.6 Å². The lowest BCUT2D eigenvalue weighted by Crippen LogP contribution is -2.30. The summed E-state index contributed by atoms with van der Waals surface area (Å²) in [5.74, 6) is 1.38. The Balaban J connectivity index is 1.92. The topological polar surface area (TPSA) is 72.1 Å². The minimum absolute atomic E-state index is 0.202. The first kappa shape index (κ1) is 14.3. The van der Waals surface area contributed by atoms with Crippen molar-refractivity contribution in [3.63, 3.8) is 0 Å². The molecule has 1 amide bonds. The first-order chi connectivity index (χ1) is 10.1. The van der Waals surface area contributed by atoms with Crippen LogP contribution in [0.25, 0.3) is 10.2 Å². The number of nitrogens with two attached hydrogens (primary N) is 1. The van der Waals surface area contributed by atoms with Gasteiger partial charge in [0.2, 0.25) is 5.91 Å². The van der Waals surface area contributed by atoms with Crippen LogP contribution < -0.4 is 5.73 Å². The lowest BCUT2D eigenvalue weighted by molar-refractivity contribution is -0.131. The van der Waals surface area contributed by atoms with Crippen molar-refractivity contribution in [1.82, 2.24) is 14.9 Å². The number of hydrogen-bond donors (Lipinski definition) is 1. The Bertz CT molecular complexity index is 695. The van der Waals surface area contributed by atoms with E-state index in [1.54, 1.807) is 11.3 Å². The highest BCUT2D eigenvalue weighted by Gasteiger charge is 2.19. The number of carbonyl (C=O) groups is 1. The first-order valence-electron chi connectivity index (χ1n) is 7.36. The highest BCUT2D eigenvalue weighted by molar-refractivity contribution is 7.18. The van der Waals surface area contributed by atoms with Gasteiger partial charge in [-0.05, 0) is 32.3 Å². The van der Waals surface area contributed by atoms with Crippen LogP contribution >= 0.6 is 11.3 Å². The van der Waals surface area contributed by atoms with Crippen LogP contribution in [0.15, 0.2) is 0 Å². The van der Waals surface area contributed by atoms with Gasteiger partial charge in [0.1, 0.15) is 10.6 Å². The number of carbonyl (C=O) groups excluding carboxylic acids is 1. The van der Waals surface area contributed by atoms with Crippen molar-refractivity contribution < 1.29 is 4.79 Å². The van der Waals surface area contributed by atoms with Gasteiger partial charge in [-0.15, -0.1) is 11.3 Å². The number of amides is 1. The molecule has 2 aromatic rings. The number of hydrogen-bond acceptors (Lipinski definition) is 5. The second kappa shape index (κ2) is 5.60. The largest absolute Gasteiger partial charge is 0.383 e. The molecule has 6 heteroatoms. The van der Waals surface area contributed by atoms with Crippen LogP contribution in [0.5, 0.6) is 0 Å². The number of nitrogens with zero attached hydrogens (tertiary/aromatic N) is 3. The molecule has 0 saturated carbocycles. The van der Waals surface area contributed by atoms with Gasteiger partial charge in [0.15, 0.2) is 5.82 Å². The van der Waals surface area contributed by atoms with Gasteiger partial charge >= 0.3 is 0 Å². The lowest BCUT2D eigenvalue weighted by Gasteiger charge is -2.19. The van der Waals surface area contributed by atoms with Crippen molar-refractivity contribution in [3.05, 3.63) is 16.3 Å². The molecule has 21 heavy (non-hydrogen) atoms. The van der Waals surface area contributed by atoms with Crippen LogP contribution in [-0.4, -0.2) is 27.3 Å². The Hall–Kier alpha value is -1.69. The predicted octanol–water partition coefficient (Wildman–Crippen LogP) is 2.79. The fourth-order valence-electron chi connectivity index (χ4n) is 2.77. The summed E-state index contributed by atoms with van der Waals surface area (Å²) in [6.45, 7) is 5.38. The summed E-state index contributed by atoms with van der Waals surface area (Å²) in [6, 6.07) is 0. The maximum Gasteiger partial charge on any atom is 0.222 e. The smallest absolute Gasteiger partial charge is 0.222 e. The number of anilines is 1. The minimum atomic E-state index is 0.202. The quantitative estimate of drug-likeness (QED) is 0.926. The summed E-state index contributed by atoms with van der Waals surface area (Å²) in [5, 5.41) is 0.962. The van der Waals surface area contributed by atoms with E-state index >= 15 is 0 Å². The van der Waals surface area contributed by atoms with Gasteiger partial charge in [-0.25, -0.2) is 9.97 Å². The van der Waals surface area contributed by atoms with E-state index in [1.807, 2.05) is 11.8 Å². The third-order valence-corrected chi connectivity index (χ3v) is 5.21. The average molecular weight is 304 g/mol. The number of likely N-dealkylation sites (tertiary alicyclic amines) is 1. The van der Waals surface area contributed by atoms with E-state index in [2.05, 4.69) is 16.9 Å². The molecule has 3 rings (SSSR count). The monoisotopic (exact) mass is 304 g/mol. The Morgan fingerprint density at radius 2 is 2.05 bits per heavy atom. The normalized spacial score (nSPS) is 16.5. The maximum atomic E-state index is 12.1. The zero-order valence-corrected chi connectivity index (χ0v) is 13.3. The number of aromatic nitrogens is 2. The molecule has 112 valence electrons. The predicted molar refractivity (Wildman–Crippen MR) is 85.2 cm³/mol. The highest BCUT2D eigenvalue weighted by atomic mass is 32.1. The van der Waals surface area contributed by atoms with Crippen LogP contribution in [0.1, 0.15) is 41.9 Å². The van der Waals surface area contributed by atoms with E-state index in [4.69, 9.17) is 5.73 Å². The van der Waals surface area contributed by atoms with E-state index in [0.29, 0.717) is 24.6 Å². The van der Waals surface area contributed by atoms with Gasteiger partial charge in [0.05, 0.1) is 11.9 Å². The molecule has 1 fully saturated rings. The Morgan fingerprint density at radius 1 is 1.24 bits per heavy atom. The minimum Gasteiger partial charge on any atom is -0.383 e. The van der Waals surface area contributed by atoms with Crippen molar-refractivity contribution >= 4 is 33.3 Å². The first-order valence-corrected chi connectivity index (χ1v) is 8.18. The summed E-state index contributed by atoms with van der Waals surface area (Å²) in [7, 11) is 0. The average Bonchev–Trinajstić information content (AvgIpc) is 2.59. The highest BCUT2D eigenvalue weighted by Crippen LogP contribution is 2.32. The Morgan fingerprint density at radius 3 is 2.86 bits per heavy atom. The molecule has 0 aromatic carbocycles. The zero-order valence-electron chi connectivity index (χ0n) is 12.5. The number of nitrogen functional groups attached to an aromatic ring is 1. The molecule has 1 aliphatic rings. The molecule has 1 saturated heterocycles. The Kier molecular flexibility index (Phi) is 3.80. The SMILES string of the molecule is Cc1sc2nc(CN3CCCCCC3=O)nc(N)c2c1C. The summed E-state index contributed by atoms with van der Waals surface area (Å²) in [6.07, 6.45) is 3.80. The van der Waals surface area contributed by atoms with Gasteiger partial charge in [-0.3, -0.25) is 4.79 Å². The maximum absolute atomic E-state index is 12.1. The van der Waals surface area contributed by atoms with Crippen molar-refractivity contribution in [2.24, 2.45) is 0 Å². The van der Waals surface area contributed by atoms with Gasteiger partial charge in [-0.1, -0.05) is 6.42 Å². The molecule has 3 heterocycles. The van der Waals surface area contributed by atoms with E-state index in [0.717, 1.165) is 41.6 Å². The summed E-state index contributed by atoms with van der Waals surface area (Å²) < 4.78 is 0. The molecule has 0 radical (unpaired) electrons. The molecule has 0 bridgehead atoms. The van der Waals surface area contributed by atoms with Crippen molar-refractivity contribution in [1.29, 1.82) is 0 Å². The van der Waals surface area contributed by atoms with Crippen LogP contribution in [0.3, 0.4) is 0 Å². The molecule has 0 aliphatic carbocycles. The second-order valence-corrected chi connectivity index (χ2v) is 6.82. The van der Waals surface area contributed by atoms with Crippen molar-refractivity contribution in [2.45, 2.75) is 46.1 Å². The number of thiophene rings is 1. The second-order valence-electron chi connectivity index (χ2n) is 5.61. The van der Waals surface area contributed by atoms with Gasteiger partial charge in [-0.2, -0.15) is 0 Å². The van der Waals surface area contributed by atoms with Crippen molar-refractivity contribution in [3.8, 4) is 0 Å². The fraction of sp³-hybridized carbons (Fsp3) is 0.533. The van der Waals surface area contributed by atoms with Crippen LogP contribution in [0.4, 0.5) is 5.82 Å². The molecule has 0 spiro atoms. The van der Waals surface area contributed by atoms with Crippen molar-refractivity contribution in [2.75, 3.05) is 12.3 Å². The van der Waals surface area contributed by atoms with Crippen LogP contribution in [0.2, 0.25) is 0 Å². The molecule has 5 nitrogen and oxygen atoms in total. The molecule has 0 unspecified atom stereocenters. The molecule has 0 atom stereocenters. The standard InChI is InChI=1S/C15H20N4OS/c1-9-10(2)21-15-13(9)14(16)17-11(18-15)8-19-7-5-3-4-6-12(19)20/h3-8H2,1-2H3,(H2,16,17,18). The van der Waals surface area contributed by atoms with Gasteiger partial charge in [0, 0.05) is 17.8 Å². The molecule has 2 aromatic heterocycles. The molecular formula is C15H20N4OS. The molecule has 2 N–H and O–H groups in total. The molecule has 1 aliphatic heterocycles. The number of fused-ring (bicyclic) bond motifs is 1. The van der Waals surface area contributed by atoms with Gasteiger partial charge in [0.25, 0.3) is 0 Å². The third-order valence-electron chi connectivity index (χ3n) is 4.11.